The summed E-state index contributed by atoms with van der Waals surface area (Å²) in [7, 11) is -3.91. The van der Waals surface area contributed by atoms with Crippen LogP contribution in [0.25, 0.3) is 0 Å². The number of nitrogens with two attached hydrogens (primary N) is 1. The number of rotatable bonds is 9. The van der Waals surface area contributed by atoms with Gasteiger partial charge in [-0.2, -0.15) is 0 Å². The van der Waals surface area contributed by atoms with E-state index in [-0.39, 0.29) is 17.1 Å². The summed E-state index contributed by atoms with van der Waals surface area (Å²) >= 11 is 0. The molecule has 2 rings (SSSR count). The molecule has 0 bridgehead atoms. The number of carbonyl (C=O) groups is 2. The number of sulfonamides is 1. The quantitative estimate of drug-likeness (QED) is 0.549. The van der Waals surface area contributed by atoms with Gasteiger partial charge in [-0.1, -0.05) is 6.07 Å². The van der Waals surface area contributed by atoms with Crippen molar-refractivity contribution in [1.29, 1.82) is 0 Å². The molecule has 0 radical (unpaired) electrons. The lowest BCUT2D eigenvalue weighted by molar-refractivity contribution is -0.115. The van der Waals surface area contributed by atoms with Crippen LogP contribution in [-0.4, -0.2) is 40.0 Å². The van der Waals surface area contributed by atoms with E-state index in [9.17, 15) is 18.0 Å². The second-order valence-corrected chi connectivity index (χ2v) is 7.81. The third-order valence-electron chi connectivity index (χ3n) is 3.99. The van der Waals surface area contributed by atoms with Gasteiger partial charge < -0.3 is 20.1 Å². The van der Waals surface area contributed by atoms with Crippen LogP contribution in [0.15, 0.2) is 41.3 Å². The zero-order valence-corrected chi connectivity index (χ0v) is 17.8. The highest BCUT2D eigenvalue weighted by molar-refractivity contribution is 7.89. The predicted octanol–water partition coefficient (Wildman–Crippen LogP) is 1.81. The molecule has 0 heterocycles. The molecule has 4 N–H and O–H groups in total. The number of hydrogen-bond donors (Lipinski definition) is 3. The van der Waals surface area contributed by atoms with Crippen molar-refractivity contribution in [3.8, 4) is 11.5 Å². The smallest absolute Gasteiger partial charge is 0.251 e. The maximum Gasteiger partial charge on any atom is 0.251 e. The van der Waals surface area contributed by atoms with Crippen molar-refractivity contribution in [2.45, 2.75) is 25.7 Å². The number of anilines is 1. The minimum absolute atomic E-state index is 0.0813. The van der Waals surface area contributed by atoms with E-state index in [4.69, 9.17) is 14.6 Å². The second kappa shape index (κ2) is 10.1. The number of primary sulfonamides is 1. The van der Waals surface area contributed by atoms with Crippen molar-refractivity contribution in [3.05, 3.63) is 47.5 Å². The van der Waals surface area contributed by atoms with Crippen LogP contribution in [0.2, 0.25) is 0 Å². The summed E-state index contributed by atoms with van der Waals surface area (Å²) in [6.45, 7) is 5.81. The fraction of sp³-hybridized carbons (Fsp3) is 0.300. The van der Waals surface area contributed by atoms with Crippen molar-refractivity contribution in [3.63, 3.8) is 0 Å². The van der Waals surface area contributed by atoms with Gasteiger partial charge in [-0.25, -0.2) is 13.6 Å². The summed E-state index contributed by atoms with van der Waals surface area (Å²) in [6, 6.07) is 9.09. The van der Waals surface area contributed by atoms with Crippen LogP contribution < -0.4 is 25.2 Å². The summed E-state index contributed by atoms with van der Waals surface area (Å²) in [4.78, 5) is 24.4. The number of aryl methyl sites for hydroxylation is 1. The molecule has 2 aromatic rings. The topological polar surface area (TPSA) is 137 Å². The zero-order chi connectivity index (χ0) is 22.3. The van der Waals surface area contributed by atoms with Crippen molar-refractivity contribution >= 4 is 27.5 Å². The van der Waals surface area contributed by atoms with Gasteiger partial charge in [0.15, 0.2) is 11.5 Å². The lowest BCUT2D eigenvalue weighted by Gasteiger charge is -2.13. The Hall–Kier alpha value is -3.11. The van der Waals surface area contributed by atoms with Gasteiger partial charge in [0.2, 0.25) is 15.9 Å². The van der Waals surface area contributed by atoms with E-state index in [1.807, 2.05) is 13.8 Å². The molecule has 0 saturated carbocycles. The predicted molar refractivity (Wildman–Crippen MR) is 112 cm³/mol. The second-order valence-electron chi connectivity index (χ2n) is 6.28. The monoisotopic (exact) mass is 435 g/mol. The standard InChI is InChI=1S/C20H25N3O6S/c1-4-28-16-9-7-14(10-17(16)29-5-2)20(25)22-12-19(24)23-15-8-6-13(3)18(11-15)30(21,26)27/h6-11H,4-5,12H2,1-3H3,(H,22,25)(H,23,24)(H2,21,26,27). The van der Waals surface area contributed by atoms with E-state index < -0.39 is 21.8 Å². The molecule has 0 atom stereocenters. The molecule has 0 aliphatic heterocycles. The van der Waals surface area contributed by atoms with Gasteiger partial charge in [-0.05, 0) is 56.7 Å². The number of carbonyl (C=O) groups excluding carboxylic acids is 2. The summed E-state index contributed by atoms with van der Waals surface area (Å²) in [5, 5.41) is 10.2. The minimum Gasteiger partial charge on any atom is -0.490 e. The van der Waals surface area contributed by atoms with E-state index >= 15 is 0 Å². The van der Waals surface area contributed by atoms with Crippen LogP contribution in [0.3, 0.4) is 0 Å². The van der Waals surface area contributed by atoms with E-state index in [1.54, 1.807) is 31.2 Å². The molecule has 10 heteroatoms. The third-order valence-corrected chi connectivity index (χ3v) is 5.05. The SMILES string of the molecule is CCOc1ccc(C(=O)NCC(=O)Nc2ccc(C)c(S(N)(=O)=O)c2)cc1OCC. The maximum atomic E-state index is 12.4. The van der Waals surface area contributed by atoms with Crippen molar-refractivity contribution < 1.29 is 27.5 Å². The van der Waals surface area contributed by atoms with Gasteiger partial charge in [0.05, 0.1) is 24.7 Å². The van der Waals surface area contributed by atoms with E-state index in [1.165, 1.54) is 12.1 Å². The minimum atomic E-state index is -3.91. The summed E-state index contributed by atoms with van der Waals surface area (Å²) in [5.74, 6) is -0.0304. The first-order chi connectivity index (χ1) is 14.2. The normalized spacial score (nSPS) is 10.9. The van der Waals surface area contributed by atoms with Gasteiger partial charge in [-0.15, -0.1) is 0 Å². The van der Waals surface area contributed by atoms with Crippen LogP contribution >= 0.6 is 0 Å². The molecule has 0 aromatic heterocycles. The van der Waals surface area contributed by atoms with Crippen LogP contribution in [0.1, 0.15) is 29.8 Å². The highest BCUT2D eigenvalue weighted by Crippen LogP contribution is 2.28. The number of amides is 2. The molecule has 0 unspecified atom stereocenters. The molecule has 9 nitrogen and oxygen atoms in total. The molecule has 2 amide bonds. The molecular weight excluding hydrogens is 410 g/mol. The first-order valence-corrected chi connectivity index (χ1v) is 10.8. The van der Waals surface area contributed by atoms with E-state index in [0.717, 1.165) is 0 Å². The highest BCUT2D eigenvalue weighted by atomic mass is 32.2. The van der Waals surface area contributed by atoms with Crippen LogP contribution in [-0.2, 0) is 14.8 Å². The summed E-state index contributed by atoms with van der Waals surface area (Å²) < 4.78 is 34.1. The molecule has 0 aliphatic rings. The number of hydrogen-bond acceptors (Lipinski definition) is 6. The lowest BCUT2D eigenvalue weighted by Crippen LogP contribution is -2.33. The third kappa shape index (κ3) is 6.19. The zero-order valence-electron chi connectivity index (χ0n) is 17.0. The van der Waals surface area contributed by atoms with Gasteiger partial charge >= 0.3 is 0 Å². The largest absolute Gasteiger partial charge is 0.490 e. The van der Waals surface area contributed by atoms with Crippen molar-refractivity contribution in [2.24, 2.45) is 5.14 Å². The molecule has 0 saturated heterocycles. The molecule has 0 fully saturated rings. The summed E-state index contributed by atoms with van der Waals surface area (Å²) in [6.07, 6.45) is 0. The van der Waals surface area contributed by atoms with E-state index in [2.05, 4.69) is 10.6 Å². The lowest BCUT2D eigenvalue weighted by atomic mass is 10.2. The average Bonchev–Trinajstić information content (AvgIpc) is 2.68. The first kappa shape index (κ1) is 23.2. The van der Waals surface area contributed by atoms with Gasteiger partial charge in [-0.3, -0.25) is 9.59 Å². The Morgan fingerprint density at radius 3 is 2.30 bits per heavy atom. The van der Waals surface area contributed by atoms with Crippen molar-refractivity contribution in [2.75, 3.05) is 25.1 Å². The Kier molecular flexibility index (Phi) is 7.79. The maximum absolute atomic E-state index is 12.4. The average molecular weight is 436 g/mol. The molecule has 30 heavy (non-hydrogen) atoms. The Bertz CT molecular complexity index is 1040. The molecule has 2 aromatic carbocycles. The van der Waals surface area contributed by atoms with Crippen molar-refractivity contribution in [1.82, 2.24) is 5.32 Å². The molecule has 162 valence electrons. The Balaban J connectivity index is 2.03. The Morgan fingerprint density at radius 1 is 1.00 bits per heavy atom. The van der Waals surface area contributed by atoms with Gasteiger partial charge in [0, 0.05) is 11.3 Å². The van der Waals surface area contributed by atoms with Crippen LogP contribution in [0.5, 0.6) is 11.5 Å². The Morgan fingerprint density at radius 2 is 1.67 bits per heavy atom. The number of nitrogens with one attached hydrogen (secondary N) is 2. The fourth-order valence-electron chi connectivity index (χ4n) is 2.64. The van der Waals surface area contributed by atoms with Gasteiger partial charge in [0.1, 0.15) is 0 Å². The number of benzene rings is 2. The summed E-state index contributed by atoms with van der Waals surface area (Å²) in [5.41, 5.74) is 1.02. The molecule has 0 spiro atoms. The van der Waals surface area contributed by atoms with Crippen LogP contribution in [0, 0.1) is 6.92 Å². The Labute approximate surface area is 175 Å². The molecule has 0 aliphatic carbocycles. The highest BCUT2D eigenvalue weighted by Gasteiger charge is 2.15. The first-order valence-electron chi connectivity index (χ1n) is 9.26. The fourth-order valence-corrected chi connectivity index (χ4v) is 3.45. The van der Waals surface area contributed by atoms with Gasteiger partial charge in [0.25, 0.3) is 5.91 Å². The number of ether oxygens (including phenoxy) is 2. The molecular formula is C20H25N3O6S. The van der Waals surface area contributed by atoms with Crippen LogP contribution in [0.4, 0.5) is 5.69 Å². The van der Waals surface area contributed by atoms with E-state index in [0.29, 0.717) is 35.8 Å².